The van der Waals surface area contributed by atoms with Crippen LogP contribution >= 0.6 is 22.6 Å². The summed E-state index contributed by atoms with van der Waals surface area (Å²) in [6, 6.07) is 0. The van der Waals surface area contributed by atoms with Gasteiger partial charge in [-0.2, -0.15) is 0 Å². The van der Waals surface area contributed by atoms with Gasteiger partial charge in [0, 0.05) is 13.1 Å². The van der Waals surface area contributed by atoms with E-state index in [0.29, 0.717) is 0 Å². The third-order valence-corrected chi connectivity index (χ3v) is 2.38. The lowest BCUT2D eigenvalue weighted by molar-refractivity contribution is 0.307. The van der Waals surface area contributed by atoms with Gasteiger partial charge in [0.15, 0.2) is 0 Å². The van der Waals surface area contributed by atoms with E-state index in [9.17, 15) is 0 Å². The standard InChI is InChI=1S/C7H12IN/c1-7(8)9-5-3-2-4-6-9/h1-6H2. The molecule has 0 saturated carbocycles. The van der Waals surface area contributed by atoms with Crippen molar-refractivity contribution in [1.29, 1.82) is 0 Å². The second kappa shape index (κ2) is 3.44. The monoisotopic (exact) mass is 237 g/mol. The van der Waals surface area contributed by atoms with Crippen LogP contribution in [0.3, 0.4) is 0 Å². The van der Waals surface area contributed by atoms with Crippen molar-refractivity contribution in [3.8, 4) is 0 Å². The Morgan fingerprint density at radius 3 is 2.11 bits per heavy atom. The molecule has 0 aromatic carbocycles. The third kappa shape index (κ3) is 2.16. The first-order chi connectivity index (χ1) is 4.30. The molecule has 0 aromatic heterocycles. The molecule has 9 heavy (non-hydrogen) atoms. The Hall–Kier alpha value is 0.270. The molecule has 0 atom stereocenters. The summed E-state index contributed by atoms with van der Waals surface area (Å²) in [5, 5.41) is 0. The Morgan fingerprint density at radius 2 is 1.78 bits per heavy atom. The second-order valence-electron chi connectivity index (χ2n) is 2.42. The Kier molecular flexibility index (Phi) is 2.82. The number of nitrogens with zero attached hydrogens (tertiary/aromatic N) is 1. The molecule has 1 fully saturated rings. The fraction of sp³-hybridized carbons (Fsp3) is 0.714. The molecule has 1 nitrogen and oxygen atoms in total. The molecule has 0 bridgehead atoms. The fourth-order valence-corrected chi connectivity index (χ4v) is 1.62. The third-order valence-electron chi connectivity index (χ3n) is 1.70. The van der Waals surface area contributed by atoms with Crippen molar-refractivity contribution >= 4 is 22.6 Å². The van der Waals surface area contributed by atoms with Crippen LogP contribution in [0.1, 0.15) is 19.3 Å². The van der Waals surface area contributed by atoms with Gasteiger partial charge in [-0.05, 0) is 41.9 Å². The van der Waals surface area contributed by atoms with Crippen LogP contribution in [0, 0.1) is 0 Å². The van der Waals surface area contributed by atoms with E-state index in [-0.39, 0.29) is 0 Å². The predicted octanol–water partition coefficient (Wildman–Crippen LogP) is 2.38. The van der Waals surface area contributed by atoms with Crippen LogP contribution < -0.4 is 0 Å². The molecular weight excluding hydrogens is 225 g/mol. The number of rotatable bonds is 1. The van der Waals surface area contributed by atoms with E-state index in [4.69, 9.17) is 0 Å². The van der Waals surface area contributed by atoms with Gasteiger partial charge in [-0.1, -0.05) is 6.58 Å². The molecule has 0 aliphatic carbocycles. The molecule has 1 rings (SSSR count). The SMILES string of the molecule is C=C(I)N1CCCCC1. The van der Waals surface area contributed by atoms with E-state index in [1.165, 1.54) is 36.1 Å². The van der Waals surface area contributed by atoms with Crippen molar-refractivity contribution in [3.05, 3.63) is 10.3 Å². The van der Waals surface area contributed by atoms with Gasteiger partial charge in [-0.3, -0.25) is 0 Å². The number of hydrogen-bond donors (Lipinski definition) is 0. The van der Waals surface area contributed by atoms with Crippen LogP contribution in [-0.4, -0.2) is 18.0 Å². The minimum absolute atomic E-state index is 1.20. The fourth-order valence-electron chi connectivity index (χ4n) is 1.14. The summed E-state index contributed by atoms with van der Waals surface area (Å²) < 4.78 is 1.20. The molecule has 0 amide bonds. The van der Waals surface area contributed by atoms with Gasteiger partial charge in [0.2, 0.25) is 0 Å². The highest BCUT2D eigenvalue weighted by Crippen LogP contribution is 2.16. The van der Waals surface area contributed by atoms with Crippen molar-refractivity contribution < 1.29 is 0 Å². The largest absolute Gasteiger partial charge is 0.367 e. The number of piperidine rings is 1. The van der Waals surface area contributed by atoms with Gasteiger partial charge in [0.25, 0.3) is 0 Å². The lowest BCUT2D eigenvalue weighted by Crippen LogP contribution is -2.26. The summed E-state index contributed by atoms with van der Waals surface area (Å²) in [6.45, 7) is 6.34. The Bertz CT molecular complexity index is 105. The molecule has 1 aliphatic heterocycles. The number of likely N-dealkylation sites (tertiary alicyclic amines) is 1. The average molecular weight is 237 g/mol. The minimum atomic E-state index is 1.20. The van der Waals surface area contributed by atoms with E-state index < -0.39 is 0 Å². The summed E-state index contributed by atoms with van der Waals surface area (Å²) in [6.07, 6.45) is 4.10. The van der Waals surface area contributed by atoms with Crippen LogP contribution in [-0.2, 0) is 0 Å². The van der Waals surface area contributed by atoms with E-state index in [1.54, 1.807) is 0 Å². The molecule has 0 radical (unpaired) electrons. The van der Waals surface area contributed by atoms with Crippen LogP contribution in [0.4, 0.5) is 0 Å². The topological polar surface area (TPSA) is 3.24 Å². The predicted molar refractivity (Wildman–Crippen MR) is 48.6 cm³/mol. The first-order valence-electron chi connectivity index (χ1n) is 3.40. The van der Waals surface area contributed by atoms with E-state index in [0.717, 1.165) is 0 Å². The molecule has 1 heterocycles. The summed E-state index contributed by atoms with van der Waals surface area (Å²) in [4.78, 5) is 2.35. The summed E-state index contributed by atoms with van der Waals surface area (Å²) in [5.74, 6) is 0. The van der Waals surface area contributed by atoms with Gasteiger partial charge in [-0.15, -0.1) is 0 Å². The molecular formula is C7H12IN. The molecule has 2 heteroatoms. The highest BCUT2D eigenvalue weighted by molar-refractivity contribution is 14.1. The first kappa shape index (κ1) is 7.38. The summed E-state index contributed by atoms with van der Waals surface area (Å²) >= 11 is 2.29. The van der Waals surface area contributed by atoms with Gasteiger partial charge in [0.1, 0.15) is 0 Å². The smallest absolute Gasteiger partial charge is 0.0684 e. The molecule has 0 N–H and O–H groups in total. The van der Waals surface area contributed by atoms with Crippen molar-refractivity contribution in [2.24, 2.45) is 0 Å². The zero-order chi connectivity index (χ0) is 6.69. The van der Waals surface area contributed by atoms with Crippen molar-refractivity contribution in [1.82, 2.24) is 4.90 Å². The molecule has 0 unspecified atom stereocenters. The Balaban J connectivity index is 2.31. The Morgan fingerprint density at radius 1 is 1.22 bits per heavy atom. The maximum atomic E-state index is 3.89. The molecule has 0 spiro atoms. The average Bonchev–Trinajstić information content (AvgIpc) is 1.90. The lowest BCUT2D eigenvalue weighted by Gasteiger charge is -2.27. The van der Waals surface area contributed by atoms with Gasteiger partial charge < -0.3 is 4.90 Å². The van der Waals surface area contributed by atoms with Crippen LogP contribution in [0.15, 0.2) is 10.3 Å². The summed E-state index contributed by atoms with van der Waals surface area (Å²) in [5.41, 5.74) is 0. The highest BCUT2D eigenvalue weighted by atomic mass is 127. The van der Waals surface area contributed by atoms with Gasteiger partial charge in [0.05, 0.1) is 3.70 Å². The lowest BCUT2D eigenvalue weighted by atomic mass is 10.1. The first-order valence-corrected chi connectivity index (χ1v) is 4.48. The number of hydrogen-bond acceptors (Lipinski definition) is 1. The van der Waals surface area contributed by atoms with Crippen LogP contribution in [0.5, 0.6) is 0 Å². The minimum Gasteiger partial charge on any atom is -0.367 e. The normalized spacial score (nSPS) is 19.9. The maximum absolute atomic E-state index is 3.89. The number of halogens is 1. The quantitative estimate of drug-likeness (QED) is 0.500. The highest BCUT2D eigenvalue weighted by Gasteiger charge is 2.08. The Labute approximate surface area is 70.3 Å². The molecule has 52 valence electrons. The zero-order valence-corrected chi connectivity index (χ0v) is 7.73. The maximum Gasteiger partial charge on any atom is 0.0684 e. The van der Waals surface area contributed by atoms with Crippen molar-refractivity contribution in [3.63, 3.8) is 0 Å². The van der Waals surface area contributed by atoms with Crippen molar-refractivity contribution in [2.45, 2.75) is 19.3 Å². The van der Waals surface area contributed by atoms with E-state index in [2.05, 4.69) is 34.1 Å². The molecule has 0 aromatic rings. The second-order valence-corrected chi connectivity index (χ2v) is 3.67. The van der Waals surface area contributed by atoms with E-state index in [1.807, 2.05) is 0 Å². The van der Waals surface area contributed by atoms with Crippen LogP contribution in [0.25, 0.3) is 0 Å². The van der Waals surface area contributed by atoms with E-state index >= 15 is 0 Å². The van der Waals surface area contributed by atoms with Crippen molar-refractivity contribution in [2.75, 3.05) is 13.1 Å². The molecule has 1 aliphatic rings. The zero-order valence-electron chi connectivity index (χ0n) is 5.57. The summed E-state index contributed by atoms with van der Waals surface area (Å²) in [7, 11) is 0. The van der Waals surface area contributed by atoms with Gasteiger partial charge >= 0.3 is 0 Å². The van der Waals surface area contributed by atoms with Gasteiger partial charge in [-0.25, -0.2) is 0 Å². The molecule has 1 saturated heterocycles. The van der Waals surface area contributed by atoms with Crippen LogP contribution in [0.2, 0.25) is 0 Å².